The third-order valence-electron chi connectivity index (χ3n) is 3.13. The number of benzene rings is 1. The Morgan fingerprint density at radius 2 is 2.22 bits per heavy atom. The standard InChI is InChI=1S/C13H14N4O/c1-17-7-10(13-11(14)6-15-16-13)9-5-8(18-2)3-4-12(9)17/h3-7H,14H2,1-2H3,(H,15,16). The highest BCUT2D eigenvalue weighted by Crippen LogP contribution is 2.33. The smallest absolute Gasteiger partial charge is 0.119 e. The molecule has 0 bridgehead atoms. The second kappa shape index (κ2) is 3.80. The number of nitrogen functional groups attached to an aromatic ring is 1. The maximum absolute atomic E-state index is 5.91. The van der Waals surface area contributed by atoms with Gasteiger partial charge in [-0.2, -0.15) is 5.10 Å². The number of anilines is 1. The number of fused-ring (bicyclic) bond motifs is 1. The molecule has 0 saturated heterocycles. The van der Waals surface area contributed by atoms with Gasteiger partial charge in [0.2, 0.25) is 0 Å². The molecular weight excluding hydrogens is 228 g/mol. The Hall–Kier alpha value is -2.43. The molecule has 0 radical (unpaired) electrons. The van der Waals surface area contributed by atoms with Gasteiger partial charge in [0.25, 0.3) is 0 Å². The van der Waals surface area contributed by atoms with E-state index >= 15 is 0 Å². The molecule has 18 heavy (non-hydrogen) atoms. The van der Waals surface area contributed by atoms with Crippen molar-refractivity contribution < 1.29 is 4.74 Å². The number of aromatic nitrogens is 3. The normalized spacial score (nSPS) is 11.0. The van der Waals surface area contributed by atoms with Gasteiger partial charge in [-0.3, -0.25) is 5.10 Å². The van der Waals surface area contributed by atoms with E-state index in [1.807, 2.05) is 31.4 Å². The van der Waals surface area contributed by atoms with Gasteiger partial charge in [-0.05, 0) is 18.2 Å². The van der Waals surface area contributed by atoms with Crippen LogP contribution >= 0.6 is 0 Å². The van der Waals surface area contributed by atoms with Gasteiger partial charge in [0.15, 0.2) is 0 Å². The summed E-state index contributed by atoms with van der Waals surface area (Å²) in [5.74, 6) is 0.827. The lowest BCUT2D eigenvalue weighted by atomic mass is 10.1. The van der Waals surface area contributed by atoms with Gasteiger partial charge in [-0.1, -0.05) is 0 Å². The lowest BCUT2D eigenvalue weighted by Gasteiger charge is -2.01. The summed E-state index contributed by atoms with van der Waals surface area (Å²) in [5, 5.41) is 7.99. The summed E-state index contributed by atoms with van der Waals surface area (Å²) in [6.45, 7) is 0. The second-order valence-corrected chi connectivity index (χ2v) is 4.24. The van der Waals surface area contributed by atoms with Crippen LogP contribution in [0.3, 0.4) is 0 Å². The third kappa shape index (κ3) is 1.44. The van der Waals surface area contributed by atoms with Crippen molar-refractivity contribution in [3.8, 4) is 17.0 Å². The van der Waals surface area contributed by atoms with Crippen LogP contribution in [0.2, 0.25) is 0 Å². The second-order valence-electron chi connectivity index (χ2n) is 4.24. The van der Waals surface area contributed by atoms with Gasteiger partial charge in [-0.15, -0.1) is 0 Å². The van der Waals surface area contributed by atoms with Gasteiger partial charge in [0.05, 0.1) is 24.7 Å². The number of methoxy groups -OCH3 is 1. The highest BCUT2D eigenvalue weighted by molar-refractivity contribution is 5.98. The van der Waals surface area contributed by atoms with Gasteiger partial charge in [0.1, 0.15) is 5.75 Å². The molecule has 5 heteroatoms. The molecule has 2 aromatic heterocycles. The minimum absolute atomic E-state index is 0.644. The van der Waals surface area contributed by atoms with Crippen molar-refractivity contribution in [2.45, 2.75) is 0 Å². The summed E-state index contributed by atoms with van der Waals surface area (Å²) < 4.78 is 7.33. The minimum atomic E-state index is 0.644. The molecule has 0 saturated carbocycles. The van der Waals surface area contributed by atoms with Crippen LogP contribution in [0, 0.1) is 0 Å². The minimum Gasteiger partial charge on any atom is -0.497 e. The quantitative estimate of drug-likeness (QED) is 0.723. The number of aryl methyl sites for hydroxylation is 1. The van der Waals surface area contributed by atoms with Crippen LogP contribution in [-0.2, 0) is 7.05 Å². The van der Waals surface area contributed by atoms with Crippen molar-refractivity contribution >= 4 is 16.6 Å². The van der Waals surface area contributed by atoms with E-state index < -0.39 is 0 Å². The number of nitrogens with two attached hydrogens (primary N) is 1. The number of nitrogens with one attached hydrogen (secondary N) is 1. The topological polar surface area (TPSA) is 68.9 Å². The fourth-order valence-electron chi connectivity index (χ4n) is 2.21. The molecule has 0 aliphatic carbocycles. The Kier molecular flexibility index (Phi) is 2.26. The predicted molar refractivity (Wildman–Crippen MR) is 71.5 cm³/mol. The van der Waals surface area contributed by atoms with Gasteiger partial charge in [0, 0.05) is 29.7 Å². The summed E-state index contributed by atoms with van der Waals surface area (Å²) in [4.78, 5) is 0. The summed E-state index contributed by atoms with van der Waals surface area (Å²) in [7, 11) is 3.67. The van der Waals surface area contributed by atoms with Crippen LogP contribution in [0.15, 0.2) is 30.6 Å². The average molecular weight is 242 g/mol. The van der Waals surface area contributed by atoms with Crippen molar-refractivity contribution in [1.82, 2.24) is 14.8 Å². The fourth-order valence-corrected chi connectivity index (χ4v) is 2.21. The zero-order valence-electron chi connectivity index (χ0n) is 10.3. The molecule has 5 nitrogen and oxygen atoms in total. The largest absolute Gasteiger partial charge is 0.497 e. The number of aromatic amines is 1. The first-order chi connectivity index (χ1) is 8.70. The monoisotopic (exact) mass is 242 g/mol. The summed E-state index contributed by atoms with van der Waals surface area (Å²) >= 11 is 0. The van der Waals surface area contributed by atoms with E-state index in [0.717, 1.165) is 27.9 Å². The zero-order valence-corrected chi connectivity index (χ0v) is 10.3. The van der Waals surface area contributed by atoms with E-state index in [-0.39, 0.29) is 0 Å². The number of rotatable bonds is 2. The Balaban J connectivity index is 2.32. The Bertz CT molecular complexity index is 711. The summed E-state index contributed by atoms with van der Waals surface area (Å²) in [6, 6.07) is 5.98. The van der Waals surface area contributed by atoms with E-state index in [9.17, 15) is 0 Å². The highest BCUT2D eigenvalue weighted by Gasteiger charge is 2.13. The number of ether oxygens (including phenoxy) is 1. The molecule has 92 valence electrons. The number of hydrogen-bond acceptors (Lipinski definition) is 3. The van der Waals surface area contributed by atoms with Crippen LogP contribution in [-0.4, -0.2) is 21.9 Å². The maximum atomic E-state index is 5.91. The molecule has 3 rings (SSSR count). The molecule has 0 spiro atoms. The van der Waals surface area contributed by atoms with Crippen molar-refractivity contribution in [3.63, 3.8) is 0 Å². The summed E-state index contributed by atoms with van der Waals surface area (Å²) in [5.41, 5.74) is 9.55. The van der Waals surface area contributed by atoms with Crippen LogP contribution in [0.5, 0.6) is 5.75 Å². The zero-order chi connectivity index (χ0) is 12.7. The molecule has 0 unspecified atom stereocenters. The Morgan fingerprint density at radius 3 is 2.89 bits per heavy atom. The Morgan fingerprint density at radius 1 is 1.39 bits per heavy atom. The average Bonchev–Trinajstić information content (AvgIpc) is 2.93. The van der Waals surface area contributed by atoms with Crippen LogP contribution < -0.4 is 10.5 Å². The lowest BCUT2D eigenvalue weighted by Crippen LogP contribution is -1.86. The number of H-pyrrole nitrogens is 1. The van der Waals surface area contributed by atoms with Crippen LogP contribution in [0.25, 0.3) is 22.2 Å². The van der Waals surface area contributed by atoms with E-state index in [0.29, 0.717) is 5.69 Å². The van der Waals surface area contributed by atoms with Crippen molar-refractivity contribution in [3.05, 3.63) is 30.6 Å². The van der Waals surface area contributed by atoms with Gasteiger partial charge >= 0.3 is 0 Å². The SMILES string of the molecule is COc1ccc2c(c1)c(-c1[nH]ncc1N)cn2C. The molecule has 3 N–H and O–H groups in total. The van der Waals surface area contributed by atoms with Crippen molar-refractivity contribution in [2.24, 2.45) is 7.05 Å². The Labute approximate surface area is 104 Å². The predicted octanol–water partition coefficient (Wildman–Crippen LogP) is 2.16. The fraction of sp³-hybridized carbons (Fsp3) is 0.154. The van der Waals surface area contributed by atoms with Crippen molar-refractivity contribution in [2.75, 3.05) is 12.8 Å². The first-order valence-electron chi connectivity index (χ1n) is 5.63. The third-order valence-corrected chi connectivity index (χ3v) is 3.13. The molecule has 0 fully saturated rings. The molecule has 2 heterocycles. The number of hydrogen-bond donors (Lipinski definition) is 2. The van der Waals surface area contributed by atoms with E-state index in [1.165, 1.54) is 0 Å². The molecule has 3 aromatic rings. The maximum Gasteiger partial charge on any atom is 0.119 e. The molecule has 0 aliphatic heterocycles. The van der Waals surface area contributed by atoms with Crippen LogP contribution in [0.1, 0.15) is 0 Å². The number of nitrogens with zero attached hydrogens (tertiary/aromatic N) is 2. The molecular formula is C13H14N4O. The molecule has 0 aliphatic rings. The van der Waals surface area contributed by atoms with E-state index in [2.05, 4.69) is 14.8 Å². The van der Waals surface area contributed by atoms with E-state index in [4.69, 9.17) is 10.5 Å². The van der Waals surface area contributed by atoms with Crippen molar-refractivity contribution in [1.29, 1.82) is 0 Å². The molecule has 0 amide bonds. The van der Waals surface area contributed by atoms with Gasteiger partial charge < -0.3 is 15.0 Å². The lowest BCUT2D eigenvalue weighted by molar-refractivity contribution is 0.415. The molecule has 0 atom stereocenters. The first kappa shape index (κ1) is 10.7. The molecule has 1 aromatic carbocycles. The van der Waals surface area contributed by atoms with Crippen LogP contribution in [0.4, 0.5) is 5.69 Å². The first-order valence-corrected chi connectivity index (χ1v) is 5.63. The van der Waals surface area contributed by atoms with Gasteiger partial charge in [-0.25, -0.2) is 0 Å². The summed E-state index contributed by atoms with van der Waals surface area (Å²) in [6.07, 6.45) is 3.66. The highest BCUT2D eigenvalue weighted by atomic mass is 16.5. The van der Waals surface area contributed by atoms with E-state index in [1.54, 1.807) is 13.3 Å².